The number of hydrogen-bond donors (Lipinski definition) is 1. The highest BCUT2D eigenvalue weighted by Gasteiger charge is 2.04. The van der Waals surface area contributed by atoms with Crippen LogP contribution in [-0.2, 0) is 13.1 Å². The third-order valence-corrected chi connectivity index (χ3v) is 2.88. The molecule has 1 aromatic heterocycles. The van der Waals surface area contributed by atoms with E-state index in [0.717, 1.165) is 25.3 Å². The molecular formula is C14H25N3. The Kier molecular flexibility index (Phi) is 6.82. The fraction of sp³-hybridized carbons (Fsp3) is 0.643. The first kappa shape index (κ1) is 14.1. The van der Waals surface area contributed by atoms with Gasteiger partial charge in [-0.25, -0.2) is 0 Å². The van der Waals surface area contributed by atoms with Crippen molar-refractivity contribution in [3.8, 4) is 0 Å². The Labute approximate surface area is 105 Å². The summed E-state index contributed by atoms with van der Waals surface area (Å²) < 4.78 is 0. The van der Waals surface area contributed by atoms with Crippen LogP contribution < -0.4 is 5.32 Å². The lowest BCUT2D eigenvalue weighted by Crippen LogP contribution is -2.24. The average molecular weight is 235 g/mol. The van der Waals surface area contributed by atoms with Crippen molar-refractivity contribution in [3.63, 3.8) is 0 Å². The van der Waals surface area contributed by atoms with Gasteiger partial charge in [-0.3, -0.25) is 9.88 Å². The van der Waals surface area contributed by atoms with Gasteiger partial charge in [-0.1, -0.05) is 26.3 Å². The summed E-state index contributed by atoms with van der Waals surface area (Å²) in [7, 11) is 1.95. The van der Waals surface area contributed by atoms with Gasteiger partial charge in [0.25, 0.3) is 0 Å². The highest BCUT2D eigenvalue weighted by molar-refractivity contribution is 5.11. The third kappa shape index (κ3) is 5.29. The maximum absolute atomic E-state index is 4.65. The number of pyridine rings is 1. The molecule has 1 aromatic rings. The van der Waals surface area contributed by atoms with Gasteiger partial charge >= 0.3 is 0 Å². The molecule has 1 heterocycles. The predicted molar refractivity (Wildman–Crippen MR) is 72.9 cm³/mol. The van der Waals surface area contributed by atoms with Gasteiger partial charge in [0.1, 0.15) is 0 Å². The molecule has 0 saturated heterocycles. The lowest BCUT2D eigenvalue weighted by Gasteiger charge is -2.19. The van der Waals surface area contributed by atoms with E-state index in [1.807, 2.05) is 7.05 Å². The number of unbranched alkanes of at least 4 members (excludes halogenated alkanes) is 1. The van der Waals surface area contributed by atoms with Gasteiger partial charge in [-0.15, -0.1) is 0 Å². The first-order chi connectivity index (χ1) is 8.30. The summed E-state index contributed by atoms with van der Waals surface area (Å²) in [5.41, 5.74) is 2.30. The van der Waals surface area contributed by atoms with Crippen LogP contribution in [0.5, 0.6) is 0 Å². The van der Waals surface area contributed by atoms with Crippen molar-refractivity contribution in [1.29, 1.82) is 0 Å². The molecule has 0 atom stereocenters. The number of aromatic nitrogens is 1. The first-order valence-electron chi connectivity index (χ1n) is 6.61. The monoisotopic (exact) mass is 235 g/mol. The van der Waals surface area contributed by atoms with Crippen molar-refractivity contribution >= 4 is 0 Å². The maximum atomic E-state index is 4.65. The Balaban J connectivity index is 2.55. The SMILES string of the molecule is CCCCN(CC)Cc1cccc(CNC)n1. The Hall–Kier alpha value is -0.930. The molecule has 1 rings (SSSR count). The minimum Gasteiger partial charge on any atom is -0.314 e. The summed E-state index contributed by atoms with van der Waals surface area (Å²) >= 11 is 0. The zero-order valence-electron chi connectivity index (χ0n) is 11.4. The molecule has 0 unspecified atom stereocenters. The van der Waals surface area contributed by atoms with Crippen LogP contribution in [-0.4, -0.2) is 30.0 Å². The van der Waals surface area contributed by atoms with Gasteiger partial charge < -0.3 is 5.32 Å². The molecule has 0 saturated carbocycles. The van der Waals surface area contributed by atoms with Gasteiger partial charge in [0.2, 0.25) is 0 Å². The maximum Gasteiger partial charge on any atom is 0.0547 e. The largest absolute Gasteiger partial charge is 0.314 e. The molecule has 3 heteroatoms. The molecule has 0 bridgehead atoms. The normalized spacial score (nSPS) is 11.1. The molecule has 0 fully saturated rings. The van der Waals surface area contributed by atoms with E-state index >= 15 is 0 Å². The number of hydrogen-bond acceptors (Lipinski definition) is 3. The summed E-state index contributed by atoms with van der Waals surface area (Å²) in [6.07, 6.45) is 2.52. The van der Waals surface area contributed by atoms with Crippen molar-refractivity contribution < 1.29 is 0 Å². The summed E-state index contributed by atoms with van der Waals surface area (Å²) in [5.74, 6) is 0. The Morgan fingerprint density at radius 2 is 2.00 bits per heavy atom. The standard InChI is InChI=1S/C14H25N3/c1-4-6-10-17(5-2)12-14-9-7-8-13(16-14)11-15-3/h7-9,15H,4-6,10-12H2,1-3H3. The second-order valence-corrected chi connectivity index (χ2v) is 4.37. The molecule has 0 amide bonds. The van der Waals surface area contributed by atoms with Gasteiger partial charge in [0.05, 0.1) is 11.4 Å². The molecule has 0 aliphatic carbocycles. The quantitative estimate of drug-likeness (QED) is 0.750. The van der Waals surface area contributed by atoms with E-state index in [2.05, 4.69) is 47.2 Å². The Morgan fingerprint density at radius 1 is 1.24 bits per heavy atom. The second kappa shape index (κ2) is 8.20. The highest BCUT2D eigenvalue weighted by atomic mass is 15.1. The van der Waals surface area contributed by atoms with E-state index in [-0.39, 0.29) is 0 Å². The van der Waals surface area contributed by atoms with Crippen LogP contribution in [0.3, 0.4) is 0 Å². The van der Waals surface area contributed by atoms with Crippen LogP contribution in [0, 0.1) is 0 Å². The molecule has 0 aliphatic heterocycles. The Bertz CT molecular complexity index is 312. The number of rotatable bonds is 8. The van der Waals surface area contributed by atoms with Crippen LogP contribution in [0.1, 0.15) is 38.1 Å². The molecule has 96 valence electrons. The van der Waals surface area contributed by atoms with Crippen LogP contribution in [0.25, 0.3) is 0 Å². The molecule has 1 N–H and O–H groups in total. The summed E-state index contributed by atoms with van der Waals surface area (Å²) in [5, 5.41) is 3.14. The number of nitrogens with one attached hydrogen (secondary N) is 1. The smallest absolute Gasteiger partial charge is 0.0547 e. The van der Waals surface area contributed by atoms with E-state index < -0.39 is 0 Å². The molecule has 0 spiro atoms. The van der Waals surface area contributed by atoms with Crippen molar-refractivity contribution in [3.05, 3.63) is 29.6 Å². The van der Waals surface area contributed by atoms with Gasteiger partial charge in [0, 0.05) is 13.1 Å². The second-order valence-electron chi connectivity index (χ2n) is 4.37. The zero-order valence-corrected chi connectivity index (χ0v) is 11.4. The fourth-order valence-corrected chi connectivity index (χ4v) is 1.86. The molecular weight excluding hydrogens is 210 g/mol. The summed E-state index contributed by atoms with van der Waals surface area (Å²) in [4.78, 5) is 7.11. The molecule has 0 radical (unpaired) electrons. The van der Waals surface area contributed by atoms with Crippen LogP contribution in [0.15, 0.2) is 18.2 Å². The van der Waals surface area contributed by atoms with Gasteiger partial charge in [0.15, 0.2) is 0 Å². The minimum atomic E-state index is 0.842. The summed E-state index contributed by atoms with van der Waals surface area (Å²) in [6, 6.07) is 6.29. The average Bonchev–Trinajstić information content (AvgIpc) is 2.35. The van der Waals surface area contributed by atoms with E-state index in [9.17, 15) is 0 Å². The van der Waals surface area contributed by atoms with E-state index in [1.165, 1.54) is 25.1 Å². The Morgan fingerprint density at radius 3 is 2.65 bits per heavy atom. The number of nitrogens with zero attached hydrogens (tertiary/aromatic N) is 2. The van der Waals surface area contributed by atoms with Crippen molar-refractivity contribution in [2.24, 2.45) is 0 Å². The molecule has 0 aliphatic rings. The first-order valence-corrected chi connectivity index (χ1v) is 6.61. The lowest BCUT2D eigenvalue weighted by atomic mass is 10.2. The lowest BCUT2D eigenvalue weighted by molar-refractivity contribution is 0.272. The summed E-state index contributed by atoms with van der Waals surface area (Å²) in [6.45, 7) is 8.53. The van der Waals surface area contributed by atoms with Crippen molar-refractivity contribution in [2.45, 2.75) is 39.8 Å². The molecule has 0 aromatic carbocycles. The van der Waals surface area contributed by atoms with Crippen LogP contribution in [0.4, 0.5) is 0 Å². The minimum absolute atomic E-state index is 0.842. The third-order valence-electron chi connectivity index (χ3n) is 2.88. The molecule has 17 heavy (non-hydrogen) atoms. The van der Waals surface area contributed by atoms with Crippen molar-refractivity contribution in [1.82, 2.24) is 15.2 Å². The zero-order chi connectivity index (χ0) is 12.5. The van der Waals surface area contributed by atoms with E-state index in [1.54, 1.807) is 0 Å². The predicted octanol–water partition coefficient (Wildman–Crippen LogP) is 2.42. The highest BCUT2D eigenvalue weighted by Crippen LogP contribution is 2.05. The van der Waals surface area contributed by atoms with E-state index in [0.29, 0.717) is 0 Å². The van der Waals surface area contributed by atoms with Crippen LogP contribution >= 0.6 is 0 Å². The van der Waals surface area contributed by atoms with Crippen LogP contribution in [0.2, 0.25) is 0 Å². The van der Waals surface area contributed by atoms with Gasteiger partial charge in [-0.05, 0) is 38.7 Å². The molecule has 3 nitrogen and oxygen atoms in total. The fourth-order valence-electron chi connectivity index (χ4n) is 1.86. The topological polar surface area (TPSA) is 28.2 Å². The van der Waals surface area contributed by atoms with E-state index in [4.69, 9.17) is 0 Å². The van der Waals surface area contributed by atoms with Crippen molar-refractivity contribution in [2.75, 3.05) is 20.1 Å². The van der Waals surface area contributed by atoms with Gasteiger partial charge in [-0.2, -0.15) is 0 Å².